The van der Waals surface area contributed by atoms with Gasteiger partial charge in [-0.3, -0.25) is 0 Å². The van der Waals surface area contributed by atoms with Gasteiger partial charge < -0.3 is 4.74 Å². The third-order valence-electron chi connectivity index (χ3n) is 1.83. The molecular formula is C10H9BrO2S2. The van der Waals surface area contributed by atoms with Gasteiger partial charge in [0.1, 0.15) is 0 Å². The molecule has 80 valence electrons. The van der Waals surface area contributed by atoms with Crippen LogP contribution in [0, 0.1) is 0 Å². The van der Waals surface area contributed by atoms with Crippen LogP contribution in [0.5, 0.6) is 0 Å². The van der Waals surface area contributed by atoms with Crippen LogP contribution in [0.4, 0.5) is 0 Å². The largest absolute Gasteiger partial charge is 0.459 e. The minimum absolute atomic E-state index is 0.0788. The predicted molar refractivity (Wildman–Crippen MR) is 68.0 cm³/mol. The van der Waals surface area contributed by atoms with E-state index in [-0.39, 0.29) is 12.1 Å². The van der Waals surface area contributed by atoms with Gasteiger partial charge in [0, 0.05) is 20.6 Å². The highest BCUT2D eigenvalue weighted by Gasteiger charge is 2.17. The van der Waals surface area contributed by atoms with Crippen LogP contribution in [0.1, 0.15) is 24.2 Å². The average molecular weight is 305 g/mol. The SMILES string of the molecule is CC(C)OC(=O)c1csc2scc(Br)c12. The fourth-order valence-corrected chi connectivity index (χ4v) is 4.15. The Morgan fingerprint density at radius 3 is 2.73 bits per heavy atom. The number of hydrogen-bond donors (Lipinski definition) is 0. The maximum absolute atomic E-state index is 11.7. The summed E-state index contributed by atoms with van der Waals surface area (Å²) < 4.78 is 7.30. The third kappa shape index (κ3) is 2.09. The van der Waals surface area contributed by atoms with Crippen LogP contribution in [-0.4, -0.2) is 12.1 Å². The Hall–Kier alpha value is -0.390. The smallest absolute Gasteiger partial charge is 0.339 e. The second kappa shape index (κ2) is 4.23. The first-order chi connectivity index (χ1) is 7.09. The van der Waals surface area contributed by atoms with E-state index in [9.17, 15) is 4.79 Å². The minimum Gasteiger partial charge on any atom is -0.459 e. The second-order valence-corrected chi connectivity index (χ2v) is 6.22. The van der Waals surface area contributed by atoms with E-state index in [4.69, 9.17) is 4.74 Å². The van der Waals surface area contributed by atoms with Crippen LogP contribution in [-0.2, 0) is 4.74 Å². The van der Waals surface area contributed by atoms with E-state index in [0.29, 0.717) is 5.56 Å². The molecule has 0 radical (unpaired) electrons. The Morgan fingerprint density at radius 2 is 2.07 bits per heavy atom. The van der Waals surface area contributed by atoms with Crippen molar-refractivity contribution in [1.29, 1.82) is 0 Å². The van der Waals surface area contributed by atoms with Gasteiger partial charge in [-0.15, -0.1) is 22.7 Å². The summed E-state index contributed by atoms with van der Waals surface area (Å²) in [5, 5.41) is 4.83. The fourth-order valence-electron chi connectivity index (χ4n) is 1.25. The summed E-state index contributed by atoms with van der Waals surface area (Å²) in [6.07, 6.45) is -0.0788. The molecule has 0 spiro atoms. The van der Waals surface area contributed by atoms with Crippen molar-refractivity contribution in [3.05, 3.63) is 20.8 Å². The van der Waals surface area contributed by atoms with Gasteiger partial charge in [-0.2, -0.15) is 0 Å². The summed E-state index contributed by atoms with van der Waals surface area (Å²) in [4.78, 5) is 11.7. The highest BCUT2D eigenvalue weighted by atomic mass is 79.9. The Morgan fingerprint density at radius 1 is 1.40 bits per heavy atom. The zero-order chi connectivity index (χ0) is 11.0. The molecule has 2 nitrogen and oxygen atoms in total. The standard InChI is InChI=1S/C10H9BrO2S2/c1-5(2)13-9(12)6-3-14-10-8(6)7(11)4-15-10/h3-5H,1-2H3. The minimum atomic E-state index is -0.240. The number of thiophene rings is 2. The molecule has 0 aliphatic carbocycles. The number of carbonyl (C=O) groups is 1. The number of esters is 1. The molecule has 0 aliphatic heterocycles. The second-order valence-electron chi connectivity index (χ2n) is 3.35. The van der Waals surface area contributed by atoms with Crippen LogP contribution < -0.4 is 0 Å². The molecule has 0 atom stereocenters. The molecule has 0 saturated carbocycles. The van der Waals surface area contributed by atoms with Gasteiger partial charge in [-0.25, -0.2) is 4.79 Å². The molecule has 0 bridgehead atoms. The summed E-state index contributed by atoms with van der Waals surface area (Å²) in [5.41, 5.74) is 0.664. The predicted octanol–water partition coefficient (Wildman–Crippen LogP) is 4.29. The monoisotopic (exact) mass is 304 g/mol. The molecule has 2 aromatic heterocycles. The van der Waals surface area contributed by atoms with Gasteiger partial charge in [0.25, 0.3) is 0 Å². The normalized spacial score (nSPS) is 11.2. The van der Waals surface area contributed by atoms with Crippen molar-refractivity contribution in [3.8, 4) is 0 Å². The van der Waals surface area contributed by atoms with E-state index in [1.54, 1.807) is 22.7 Å². The fraction of sp³-hybridized carbons (Fsp3) is 0.300. The summed E-state index contributed by atoms with van der Waals surface area (Å²) in [7, 11) is 0. The number of rotatable bonds is 2. The Kier molecular flexibility index (Phi) is 3.13. The molecule has 0 unspecified atom stereocenters. The van der Waals surface area contributed by atoms with Crippen molar-refractivity contribution in [2.45, 2.75) is 20.0 Å². The average Bonchev–Trinajstić information content (AvgIpc) is 2.68. The van der Waals surface area contributed by atoms with E-state index < -0.39 is 0 Å². The number of hydrogen-bond acceptors (Lipinski definition) is 4. The zero-order valence-corrected chi connectivity index (χ0v) is 11.5. The molecule has 15 heavy (non-hydrogen) atoms. The van der Waals surface area contributed by atoms with Crippen molar-refractivity contribution in [2.24, 2.45) is 0 Å². The van der Waals surface area contributed by atoms with Gasteiger partial charge in [0.2, 0.25) is 0 Å². The first kappa shape index (κ1) is 11.1. The van der Waals surface area contributed by atoms with E-state index in [0.717, 1.165) is 13.9 Å². The van der Waals surface area contributed by atoms with E-state index in [2.05, 4.69) is 15.9 Å². The Balaban J connectivity index is 2.43. The lowest BCUT2D eigenvalue weighted by Crippen LogP contribution is -2.10. The van der Waals surface area contributed by atoms with Crippen molar-refractivity contribution in [2.75, 3.05) is 0 Å². The van der Waals surface area contributed by atoms with Gasteiger partial charge in [0.15, 0.2) is 0 Å². The molecule has 0 saturated heterocycles. The summed E-state index contributed by atoms with van der Waals surface area (Å²) in [6.45, 7) is 3.70. The highest BCUT2D eigenvalue weighted by molar-refractivity contribution is 9.10. The first-order valence-electron chi connectivity index (χ1n) is 4.44. The van der Waals surface area contributed by atoms with Crippen LogP contribution >= 0.6 is 38.6 Å². The molecule has 5 heteroatoms. The summed E-state index contributed by atoms with van der Waals surface area (Å²) >= 11 is 6.65. The molecule has 2 heterocycles. The molecule has 0 aliphatic rings. The van der Waals surface area contributed by atoms with Gasteiger partial charge >= 0.3 is 5.97 Å². The third-order valence-corrected chi connectivity index (χ3v) is 4.88. The number of fused-ring (bicyclic) bond motifs is 1. The van der Waals surface area contributed by atoms with Crippen molar-refractivity contribution >= 4 is 54.0 Å². The molecule has 2 rings (SSSR count). The summed E-state index contributed by atoms with van der Waals surface area (Å²) in [6, 6.07) is 0. The van der Waals surface area contributed by atoms with E-state index >= 15 is 0 Å². The van der Waals surface area contributed by atoms with Gasteiger partial charge in [0.05, 0.1) is 15.7 Å². The molecule has 0 amide bonds. The van der Waals surface area contributed by atoms with Gasteiger partial charge in [-0.05, 0) is 29.8 Å². The Bertz CT molecular complexity index is 498. The molecule has 0 aromatic carbocycles. The summed E-state index contributed by atoms with van der Waals surface area (Å²) in [5.74, 6) is -0.240. The molecular weight excluding hydrogens is 296 g/mol. The van der Waals surface area contributed by atoms with E-state index in [1.165, 1.54) is 0 Å². The Labute approximate surface area is 104 Å². The molecule has 0 N–H and O–H groups in total. The lowest BCUT2D eigenvalue weighted by Gasteiger charge is -2.06. The van der Waals surface area contributed by atoms with Crippen LogP contribution in [0.2, 0.25) is 0 Å². The molecule has 2 aromatic rings. The van der Waals surface area contributed by atoms with Crippen LogP contribution in [0.25, 0.3) is 9.40 Å². The lowest BCUT2D eigenvalue weighted by molar-refractivity contribution is 0.0381. The maximum Gasteiger partial charge on any atom is 0.339 e. The first-order valence-corrected chi connectivity index (χ1v) is 7.00. The number of halogens is 1. The lowest BCUT2D eigenvalue weighted by atomic mass is 10.2. The zero-order valence-electron chi connectivity index (χ0n) is 8.24. The van der Waals surface area contributed by atoms with E-state index in [1.807, 2.05) is 24.6 Å². The van der Waals surface area contributed by atoms with Crippen molar-refractivity contribution < 1.29 is 9.53 Å². The quantitative estimate of drug-likeness (QED) is 0.774. The molecule has 0 fully saturated rings. The highest BCUT2D eigenvalue weighted by Crippen LogP contribution is 2.37. The number of ether oxygens (including phenoxy) is 1. The van der Waals surface area contributed by atoms with Crippen molar-refractivity contribution in [1.82, 2.24) is 0 Å². The van der Waals surface area contributed by atoms with Crippen molar-refractivity contribution in [3.63, 3.8) is 0 Å². The van der Waals surface area contributed by atoms with Crippen LogP contribution in [0.3, 0.4) is 0 Å². The number of carbonyl (C=O) groups excluding carboxylic acids is 1. The van der Waals surface area contributed by atoms with Gasteiger partial charge in [-0.1, -0.05) is 0 Å². The maximum atomic E-state index is 11.7. The topological polar surface area (TPSA) is 26.3 Å². The van der Waals surface area contributed by atoms with Crippen LogP contribution in [0.15, 0.2) is 15.2 Å².